The van der Waals surface area contributed by atoms with Crippen molar-refractivity contribution >= 4 is 27.7 Å². The van der Waals surface area contributed by atoms with Crippen LogP contribution in [0.15, 0.2) is 22.8 Å². The van der Waals surface area contributed by atoms with Crippen molar-refractivity contribution in [2.75, 3.05) is 5.32 Å². The highest BCUT2D eigenvalue weighted by molar-refractivity contribution is 9.10. The first-order valence-corrected chi connectivity index (χ1v) is 6.71. The van der Waals surface area contributed by atoms with Crippen LogP contribution in [0.3, 0.4) is 0 Å². The Kier molecular flexibility index (Phi) is 2.88. The summed E-state index contributed by atoms with van der Waals surface area (Å²) in [5, 5.41) is 6.24. The molecule has 1 aromatic heterocycles. The minimum Gasteiger partial charge on any atom is -0.309 e. The van der Waals surface area contributed by atoms with Crippen LogP contribution in [0.5, 0.6) is 0 Å². The first-order chi connectivity index (χ1) is 8.22. The molecule has 1 amide bonds. The van der Waals surface area contributed by atoms with E-state index >= 15 is 0 Å². The SMILES string of the molecule is O=C(Nc1cccc(Br)n1)[C@H]1NC2CC[C@H]1C2. The largest absolute Gasteiger partial charge is 0.309 e. The minimum absolute atomic E-state index is 0.0328. The van der Waals surface area contributed by atoms with Crippen LogP contribution in [-0.4, -0.2) is 23.0 Å². The number of carbonyl (C=O) groups is 1. The standard InChI is InChI=1S/C12H14BrN3O/c13-9-2-1-3-10(15-9)16-12(17)11-7-4-5-8(6-7)14-11/h1-3,7-8,11,14H,4-6H2,(H,15,16,17)/t7-,8?,11-/m0/s1. The summed E-state index contributed by atoms with van der Waals surface area (Å²) in [6.45, 7) is 0. The van der Waals surface area contributed by atoms with E-state index in [0.29, 0.717) is 17.8 Å². The molecule has 1 saturated carbocycles. The molecule has 90 valence electrons. The zero-order valence-corrected chi connectivity index (χ0v) is 10.9. The molecule has 2 N–H and O–H groups in total. The molecule has 2 fully saturated rings. The lowest BCUT2D eigenvalue weighted by Crippen LogP contribution is -2.44. The van der Waals surface area contributed by atoms with Gasteiger partial charge in [0.25, 0.3) is 0 Å². The molecule has 2 heterocycles. The minimum atomic E-state index is -0.0328. The summed E-state index contributed by atoms with van der Waals surface area (Å²) < 4.78 is 0.733. The Labute approximate surface area is 108 Å². The van der Waals surface area contributed by atoms with Gasteiger partial charge in [-0.25, -0.2) is 4.98 Å². The molecule has 0 spiro atoms. The van der Waals surface area contributed by atoms with Gasteiger partial charge in [0.15, 0.2) is 0 Å². The summed E-state index contributed by atoms with van der Waals surface area (Å²) in [5.41, 5.74) is 0. The third-order valence-electron chi connectivity index (χ3n) is 3.61. The van der Waals surface area contributed by atoms with Crippen molar-refractivity contribution in [1.82, 2.24) is 10.3 Å². The Morgan fingerprint density at radius 3 is 3.00 bits per heavy atom. The lowest BCUT2D eigenvalue weighted by atomic mass is 9.99. The second-order valence-electron chi connectivity index (χ2n) is 4.75. The van der Waals surface area contributed by atoms with Gasteiger partial charge in [-0.1, -0.05) is 6.07 Å². The summed E-state index contributed by atoms with van der Waals surface area (Å²) in [4.78, 5) is 16.3. The number of amides is 1. The Balaban J connectivity index is 1.68. The maximum atomic E-state index is 12.1. The number of halogens is 1. The third-order valence-corrected chi connectivity index (χ3v) is 4.05. The van der Waals surface area contributed by atoms with Gasteiger partial charge in [-0.15, -0.1) is 0 Å². The topological polar surface area (TPSA) is 54.0 Å². The van der Waals surface area contributed by atoms with Crippen molar-refractivity contribution in [3.63, 3.8) is 0 Å². The van der Waals surface area contributed by atoms with Crippen LogP contribution in [-0.2, 0) is 4.79 Å². The molecule has 0 aromatic carbocycles. The summed E-state index contributed by atoms with van der Waals surface area (Å²) in [7, 11) is 0. The van der Waals surface area contributed by atoms with E-state index in [1.807, 2.05) is 12.1 Å². The number of piperidine rings is 1. The fourth-order valence-corrected chi connectivity index (χ4v) is 3.18. The summed E-state index contributed by atoms with van der Waals surface area (Å²) in [6.07, 6.45) is 3.52. The van der Waals surface area contributed by atoms with Crippen LogP contribution in [0, 0.1) is 5.92 Å². The van der Waals surface area contributed by atoms with Crippen LogP contribution in [0.25, 0.3) is 0 Å². The Morgan fingerprint density at radius 1 is 1.47 bits per heavy atom. The molecule has 1 saturated heterocycles. The van der Waals surface area contributed by atoms with Crippen LogP contribution >= 0.6 is 15.9 Å². The highest BCUT2D eigenvalue weighted by Gasteiger charge is 2.42. The quantitative estimate of drug-likeness (QED) is 0.820. The zero-order chi connectivity index (χ0) is 11.8. The molecule has 1 unspecified atom stereocenters. The van der Waals surface area contributed by atoms with Crippen LogP contribution in [0.4, 0.5) is 5.82 Å². The number of fused-ring (bicyclic) bond motifs is 2. The summed E-state index contributed by atoms with van der Waals surface area (Å²) >= 11 is 3.29. The number of aromatic nitrogens is 1. The lowest BCUT2D eigenvalue weighted by Gasteiger charge is -2.21. The second kappa shape index (κ2) is 4.38. The van der Waals surface area contributed by atoms with E-state index in [4.69, 9.17) is 0 Å². The highest BCUT2D eigenvalue weighted by Crippen LogP contribution is 2.35. The molecule has 5 heteroatoms. The molecule has 0 radical (unpaired) electrons. The van der Waals surface area contributed by atoms with E-state index in [9.17, 15) is 4.79 Å². The Morgan fingerprint density at radius 2 is 2.35 bits per heavy atom. The third kappa shape index (κ3) is 2.21. The monoisotopic (exact) mass is 295 g/mol. The molecule has 1 aliphatic heterocycles. The molecule has 3 rings (SSSR count). The van der Waals surface area contributed by atoms with Gasteiger partial charge in [0, 0.05) is 6.04 Å². The molecule has 4 nitrogen and oxygen atoms in total. The van der Waals surface area contributed by atoms with Crippen LogP contribution in [0.1, 0.15) is 19.3 Å². The lowest BCUT2D eigenvalue weighted by molar-refractivity contribution is -0.119. The maximum absolute atomic E-state index is 12.1. The number of nitrogens with one attached hydrogen (secondary N) is 2. The van der Waals surface area contributed by atoms with Crippen molar-refractivity contribution < 1.29 is 4.79 Å². The molecular formula is C12H14BrN3O. The van der Waals surface area contributed by atoms with Gasteiger partial charge < -0.3 is 10.6 Å². The summed E-state index contributed by atoms with van der Waals surface area (Å²) in [6, 6.07) is 6.02. The number of anilines is 1. The molecular weight excluding hydrogens is 282 g/mol. The van der Waals surface area contributed by atoms with E-state index in [1.165, 1.54) is 12.8 Å². The number of hydrogen-bond donors (Lipinski definition) is 2. The number of rotatable bonds is 2. The number of hydrogen-bond acceptors (Lipinski definition) is 3. The van der Waals surface area contributed by atoms with E-state index in [1.54, 1.807) is 6.07 Å². The first kappa shape index (κ1) is 11.2. The first-order valence-electron chi connectivity index (χ1n) is 5.92. The van der Waals surface area contributed by atoms with Gasteiger partial charge in [0.1, 0.15) is 10.4 Å². The molecule has 17 heavy (non-hydrogen) atoms. The number of nitrogens with zero attached hydrogens (tertiary/aromatic N) is 1. The van der Waals surface area contributed by atoms with E-state index < -0.39 is 0 Å². The van der Waals surface area contributed by atoms with Gasteiger partial charge in [-0.3, -0.25) is 4.79 Å². The normalized spacial score (nSPS) is 30.5. The van der Waals surface area contributed by atoms with Crippen LogP contribution in [0.2, 0.25) is 0 Å². The average Bonchev–Trinajstić information content (AvgIpc) is 2.90. The van der Waals surface area contributed by atoms with Crippen molar-refractivity contribution in [2.45, 2.75) is 31.3 Å². The predicted octanol–water partition coefficient (Wildman–Crippen LogP) is 1.92. The van der Waals surface area contributed by atoms with Gasteiger partial charge in [0.2, 0.25) is 5.91 Å². The molecule has 1 aromatic rings. The van der Waals surface area contributed by atoms with Gasteiger partial charge in [-0.2, -0.15) is 0 Å². The van der Waals surface area contributed by atoms with Crippen molar-refractivity contribution in [3.8, 4) is 0 Å². The van der Waals surface area contributed by atoms with Gasteiger partial charge in [0.05, 0.1) is 6.04 Å². The maximum Gasteiger partial charge on any atom is 0.242 e. The average molecular weight is 296 g/mol. The fourth-order valence-electron chi connectivity index (χ4n) is 2.83. The molecule has 2 aliphatic rings. The van der Waals surface area contributed by atoms with Gasteiger partial charge >= 0.3 is 0 Å². The fraction of sp³-hybridized carbons (Fsp3) is 0.500. The zero-order valence-electron chi connectivity index (χ0n) is 9.32. The predicted molar refractivity (Wildman–Crippen MR) is 68.6 cm³/mol. The Hall–Kier alpha value is -0.940. The van der Waals surface area contributed by atoms with Crippen LogP contribution < -0.4 is 10.6 Å². The number of pyridine rings is 1. The van der Waals surface area contributed by atoms with Crippen molar-refractivity contribution in [2.24, 2.45) is 5.92 Å². The number of carbonyl (C=O) groups excluding carboxylic acids is 1. The highest BCUT2D eigenvalue weighted by atomic mass is 79.9. The van der Waals surface area contributed by atoms with E-state index in [0.717, 1.165) is 11.0 Å². The van der Waals surface area contributed by atoms with E-state index in [2.05, 4.69) is 31.5 Å². The van der Waals surface area contributed by atoms with Crippen molar-refractivity contribution in [3.05, 3.63) is 22.8 Å². The Bertz CT molecular complexity index is 451. The smallest absolute Gasteiger partial charge is 0.242 e. The van der Waals surface area contributed by atoms with E-state index in [-0.39, 0.29) is 11.9 Å². The molecule has 3 atom stereocenters. The molecule has 1 aliphatic carbocycles. The molecule has 2 bridgehead atoms. The van der Waals surface area contributed by atoms with Gasteiger partial charge in [-0.05, 0) is 53.2 Å². The second-order valence-corrected chi connectivity index (χ2v) is 5.56. The van der Waals surface area contributed by atoms with Crippen molar-refractivity contribution in [1.29, 1.82) is 0 Å². The summed E-state index contributed by atoms with van der Waals surface area (Å²) in [5.74, 6) is 1.16.